The Morgan fingerprint density at radius 3 is 1.03 bits per heavy atom. The molecule has 19 aromatic carbocycles. The van der Waals surface area contributed by atoms with Crippen LogP contribution in [0, 0.1) is 0 Å². The van der Waals surface area contributed by atoms with Crippen LogP contribution in [0.5, 0.6) is 0 Å². The number of benzene rings is 19. The minimum atomic E-state index is -0.267. The van der Waals surface area contributed by atoms with Crippen molar-refractivity contribution in [1.82, 2.24) is 15.0 Å². The Balaban J connectivity index is 0.000000113. The molecule has 2 heterocycles. The van der Waals surface area contributed by atoms with Gasteiger partial charge < -0.3 is 14.2 Å². The molecule has 702 valence electrons. The molecule has 2 aromatic heterocycles. The lowest BCUT2D eigenvalue weighted by atomic mass is 9.54. The molecule has 0 radical (unpaired) electrons. The fraction of sp³-hybridized carbons (Fsp3) is 0.196. The van der Waals surface area contributed by atoms with Crippen LogP contribution in [0.3, 0.4) is 0 Å². The quantitative estimate of drug-likeness (QED) is 0.144. The molecule has 0 spiro atoms. The van der Waals surface area contributed by atoms with Crippen molar-refractivity contribution in [2.45, 2.75) is 173 Å². The van der Waals surface area contributed by atoms with E-state index < -0.39 is 0 Å². The largest absolute Gasteiger partial charge is 0.456 e. The number of hydrogen-bond donors (Lipinski definition) is 0. The molecule has 0 saturated carbocycles. The molecule has 0 N–H and O–H groups in total. The van der Waals surface area contributed by atoms with E-state index in [-0.39, 0.29) is 48.7 Å². The summed E-state index contributed by atoms with van der Waals surface area (Å²) in [7, 11) is 0. The molecule has 6 heteroatoms. The number of rotatable bonds is 9. The molecule has 144 heavy (non-hydrogen) atoms. The fourth-order valence-electron chi connectivity index (χ4n) is 26.4. The van der Waals surface area contributed by atoms with Crippen molar-refractivity contribution in [3.63, 3.8) is 0 Å². The Morgan fingerprint density at radius 2 is 0.521 bits per heavy atom. The van der Waals surface area contributed by atoms with E-state index in [1.165, 1.54) is 166 Å². The number of furan rings is 1. The summed E-state index contributed by atoms with van der Waals surface area (Å²) in [5.74, 6) is 2.04. The average Bonchev–Trinajstić information content (AvgIpc) is 1.45. The molecule has 6 nitrogen and oxygen atoms in total. The highest BCUT2D eigenvalue weighted by molar-refractivity contribution is 6.15. The van der Waals surface area contributed by atoms with Gasteiger partial charge in [-0.25, -0.2) is 15.0 Å². The number of nitrogens with zero attached hydrogens (tertiary/aromatic N) is 5. The highest BCUT2D eigenvalue weighted by atomic mass is 16.3. The van der Waals surface area contributed by atoms with Gasteiger partial charge in [-0.1, -0.05) is 434 Å². The third kappa shape index (κ3) is 12.9. The molecule has 0 saturated heterocycles. The maximum atomic E-state index is 6.39. The summed E-state index contributed by atoms with van der Waals surface area (Å²) in [5, 5.41) is 9.98. The summed E-state index contributed by atoms with van der Waals surface area (Å²) in [6, 6.07) is 144. The van der Waals surface area contributed by atoms with Crippen LogP contribution in [0.4, 0.5) is 34.1 Å². The van der Waals surface area contributed by atoms with Crippen LogP contribution in [0.15, 0.2) is 399 Å². The summed E-state index contributed by atoms with van der Waals surface area (Å²) < 4.78 is 6.39. The van der Waals surface area contributed by atoms with E-state index in [0.29, 0.717) is 17.5 Å². The lowest BCUT2D eigenvalue weighted by molar-refractivity contribution is 0.298. The number of fused-ring (bicyclic) bond motifs is 31. The Hall–Kier alpha value is -15.6. The summed E-state index contributed by atoms with van der Waals surface area (Å²) in [5.41, 5.74) is 44.3. The molecule has 0 atom stereocenters. The van der Waals surface area contributed by atoms with Gasteiger partial charge in [0.25, 0.3) is 0 Å². The first-order valence-corrected chi connectivity index (χ1v) is 51.4. The van der Waals surface area contributed by atoms with Crippen LogP contribution in [0.1, 0.15) is 191 Å². The zero-order chi connectivity index (χ0) is 99.0. The zero-order valence-corrected chi connectivity index (χ0v) is 85.7. The van der Waals surface area contributed by atoms with Gasteiger partial charge in [0.2, 0.25) is 0 Å². The monoisotopic (exact) mass is 1860 g/mol. The number of anilines is 6. The van der Waals surface area contributed by atoms with E-state index in [0.717, 1.165) is 72.5 Å². The van der Waals surface area contributed by atoms with Crippen molar-refractivity contribution >= 4 is 88.4 Å². The van der Waals surface area contributed by atoms with E-state index in [2.05, 4.69) is 480 Å². The lowest BCUT2D eigenvalue weighted by Gasteiger charge is -2.49. The first-order valence-electron chi connectivity index (χ1n) is 51.4. The molecular weight excluding hydrogens is 1740 g/mol. The van der Waals surface area contributed by atoms with Crippen molar-refractivity contribution in [3.8, 4) is 101 Å². The molecule has 0 aliphatic heterocycles. The molecular formula is C138H119N5O. The van der Waals surface area contributed by atoms with Crippen molar-refractivity contribution < 1.29 is 4.42 Å². The first-order chi connectivity index (χ1) is 69.3. The standard InChI is InChI=1S/C49H41NO.C46H39N3.C43H39N/c1-47(2)40-28-31(50(30-16-8-7-9-17-30)32-24-26-34-33-18-13-15-23-41(33)51-42(34)29-32)25-27-38(40)43-44-37-21-12-14-22-39(37)48(3,4)49(5,6)46(44)36-20-11-10-19-35(36)45(43)47;1-44(2)37-27-34(43-48-41(28-17-9-7-10-18-28)47-42(49-43)29-19-11-8-12-20-29)30-21-13-14-22-31(30)38(37)33-25-26-36-39(40(33)44)32-23-15-16-24-35(32)45(3,4)46(36,5)6;1-41(2)36-27-37(44(28-17-9-7-10-18-28)29-19-11-8-12-20-29)30-21-13-14-22-31(30)38(36)33-25-26-35-39(40(33)41)32-23-15-16-24-34(32)42(3,4)43(35,5)6/h7-29H,1-6H3;7-27H,1-6H3;7-27H,1-6H3. The number of para-hydroxylation sites is 4. The third-order valence-electron chi connectivity index (χ3n) is 35.8. The van der Waals surface area contributed by atoms with E-state index in [1.54, 1.807) is 0 Å². The Bertz CT molecular complexity index is 8800. The Morgan fingerprint density at radius 1 is 0.181 bits per heavy atom. The highest BCUT2D eigenvalue weighted by Gasteiger charge is 2.55. The van der Waals surface area contributed by atoms with Crippen molar-refractivity contribution in [3.05, 3.63) is 461 Å². The van der Waals surface area contributed by atoms with E-state index in [4.69, 9.17) is 19.4 Å². The van der Waals surface area contributed by atoms with Crippen LogP contribution in [-0.4, -0.2) is 15.0 Å². The molecule has 27 rings (SSSR count). The maximum absolute atomic E-state index is 6.39. The number of aromatic nitrogens is 3. The van der Waals surface area contributed by atoms with Gasteiger partial charge in [-0.2, -0.15) is 0 Å². The topological polar surface area (TPSA) is 58.3 Å². The van der Waals surface area contributed by atoms with Gasteiger partial charge in [0.15, 0.2) is 17.5 Å². The van der Waals surface area contributed by atoms with Crippen molar-refractivity contribution in [1.29, 1.82) is 0 Å². The van der Waals surface area contributed by atoms with Crippen LogP contribution in [-0.2, 0) is 48.7 Å². The summed E-state index contributed by atoms with van der Waals surface area (Å²) in [4.78, 5) is 20.2. The molecule has 6 aliphatic carbocycles. The van der Waals surface area contributed by atoms with Crippen molar-refractivity contribution in [2.24, 2.45) is 0 Å². The summed E-state index contributed by atoms with van der Waals surface area (Å²) in [6.07, 6.45) is 0. The van der Waals surface area contributed by atoms with Gasteiger partial charge >= 0.3 is 0 Å². The minimum absolute atomic E-state index is 0.00611. The Labute approximate surface area is 846 Å². The van der Waals surface area contributed by atoms with E-state index in [1.807, 2.05) is 48.5 Å². The Kier molecular flexibility index (Phi) is 20.1. The van der Waals surface area contributed by atoms with Crippen molar-refractivity contribution in [2.75, 3.05) is 9.80 Å². The second-order valence-corrected chi connectivity index (χ2v) is 45.6. The van der Waals surface area contributed by atoms with Gasteiger partial charge in [-0.3, -0.25) is 0 Å². The second-order valence-electron chi connectivity index (χ2n) is 45.6. The van der Waals surface area contributed by atoms with Crippen LogP contribution >= 0.6 is 0 Å². The molecule has 0 amide bonds. The van der Waals surface area contributed by atoms with E-state index in [9.17, 15) is 0 Å². The zero-order valence-electron chi connectivity index (χ0n) is 85.7. The van der Waals surface area contributed by atoms with Gasteiger partial charge in [0.05, 0.1) is 5.69 Å². The molecule has 0 bridgehead atoms. The minimum Gasteiger partial charge on any atom is -0.456 e. The van der Waals surface area contributed by atoms with Crippen LogP contribution in [0.2, 0.25) is 0 Å². The maximum Gasteiger partial charge on any atom is 0.164 e. The normalized spacial score (nSPS) is 16.2. The summed E-state index contributed by atoms with van der Waals surface area (Å²) >= 11 is 0. The SMILES string of the molecule is CC1(C)c2cc(-c3nc(-c4ccccc4)nc(-c4ccccc4)n3)c3ccccc3c2-c2ccc3c(c21)-c1ccccc1C(C)(C)C3(C)C.CC1(C)c2cc(N(c3ccccc3)c3ccc4c(c3)oc3ccccc34)ccc2-c2c3c(c4ccccc4c21)C(C)(C)C(C)(C)c1ccccc1-3.CC1(C)c2cc(N(c3ccccc3)c3ccccc3)c3ccccc3c2-c2ccc3c(c21)-c1ccccc1C(C)(C)C3(C)C. The predicted molar refractivity (Wildman–Crippen MR) is 605 cm³/mol. The third-order valence-corrected chi connectivity index (χ3v) is 35.8. The van der Waals surface area contributed by atoms with Gasteiger partial charge in [0.1, 0.15) is 11.2 Å². The lowest BCUT2D eigenvalue weighted by Crippen LogP contribution is -2.44. The van der Waals surface area contributed by atoms with Gasteiger partial charge in [-0.05, 0) is 266 Å². The highest BCUT2D eigenvalue weighted by Crippen LogP contribution is 2.68. The first kappa shape index (κ1) is 89.7. The smallest absolute Gasteiger partial charge is 0.164 e. The predicted octanol–water partition coefficient (Wildman–Crippen LogP) is 37.2. The van der Waals surface area contributed by atoms with Gasteiger partial charge in [0, 0.05) is 89.0 Å². The van der Waals surface area contributed by atoms with E-state index >= 15 is 0 Å². The van der Waals surface area contributed by atoms with Crippen LogP contribution < -0.4 is 9.80 Å². The molecule has 6 aliphatic rings. The molecule has 0 unspecified atom stereocenters. The molecule has 0 fully saturated rings. The number of hydrogen-bond acceptors (Lipinski definition) is 6. The average molecular weight is 1860 g/mol. The van der Waals surface area contributed by atoms with Gasteiger partial charge in [-0.15, -0.1) is 0 Å². The van der Waals surface area contributed by atoms with Crippen LogP contribution in [0.25, 0.3) is 155 Å². The summed E-state index contributed by atoms with van der Waals surface area (Å²) in [6.45, 7) is 43.7. The fourth-order valence-corrected chi connectivity index (χ4v) is 26.4. The molecule has 21 aromatic rings. The second kappa shape index (κ2) is 32.2.